The third kappa shape index (κ3) is 6.96. The molecular formula is C17H24N2O7. The van der Waals surface area contributed by atoms with E-state index >= 15 is 0 Å². The van der Waals surface area contributed by atoms with Gasteiger partial charge in [0.05, 0.1) is 10.8 Å². The number of carbonyl (C=O) groups is 2. The fourth-order valence-corrected chi connectivity index (χ4v) is 2.32. The number of hydrogen-bond donors (Lipinski definition) is 3. The number of rotatable bonds is 7. The predicted octanol–water partition coefficient (Wildman–Crippen LogP) is 2.85. The van der Waals surface area contributed by atoms with Crippen LogP contribution in [0.4, 0.5) is 10.5 Å². The van der Waals surface area contributed by atoms with Crippen LogP contribution in [0, 0.1) is 16.0 Å². The number of alkyl carbamates (subject to hydrolysis) is 1. The number of benzene rings is 1. The first-order valence-electron chi connectivity index (χ1n) is 8.07. The summed E-state index contributed by atoms with van der Waals surface area (Å²) in [7, 11) is 0. The van der Waals surface area contributed by atoms with Crippen LogP contribution in [0.15, 0.2) is 18.2 Å². The van der Waals surface area contributed by atoms with E-state index in [0.29, 0.717) is 5.56 Å². The Morgan fingerprint density at radius 3 is 2.46 bits per heavy atom. The molecular weight excluding hydrogens is 344 g/mol. The largest absolute Gasteiger partial charge is 0.502 e. The normalized spacial score (nSPS) is 13.5. The van der Waals surface area contributed by atoms with Crippen LogP contribution in [-0.4, -0.2) is 38.8 Å². The van der Waals surface area contributed by atoms with E-state index in [-0.39, 0.29) is 12.8 Å². The molecule has 0 heterocycles. The van der Waals surface area contributed by atoms with Crippen molar-refractivity contribution in [2.75, 3.05) is 0 Å². The molecule has 0 aromatic heterocycles. The average molecular weight is 368 g/mol. The number of hydrogen-bond acceptors (Lipinski definition) is 6. The van der Waals surface area contributed by atoms with E-state index in [4.69, 9.17) is 9.84 Å². The zero-order valence-corrected chi connectivity index (χ0v) is 15.2. The van der Waals surface area contributed by atoms with E-state index in [1.807, 2.05) is 0 Å². The molecule has 1 unspecified atom stereocenters. The molecule has 1 rings (SSSR count). The quantitative estimate of drug-likeness (QED) is 0.496. The Bertz CT molecular complexity index is 682. The summed E-state index contributed by atoms with van der Waals surface area (Å²) in [5.41, 5.74) is -0.692. The molecule has 0 fully saturated rings. The summed E-state index contributed by atoms with van der Waals surface area (Å²) in [6.07, 6.45) is -0.435. The van der Waals surface area contributed by atoms with Gasteiger partial charge < -0.3 is 20.3 Å². The number of carbonyl (C=O) groups excluding carboxylic acids is 1. The lowest BCUT2D eigenvalue weighted by molar-refractivity contribution is -0.385. The minimum Gasteiger partial charge on any atom is -0.502 e. The highest BCUT2D eigenvalue weighted by atomic mass is 16.6. The molecule has 0 spiro atoms. The molecule has 0 bridgehead atoms. The average Bonchev–Trinajstić information content (AvgIpc) is 2.46. The van der Waals surface area contributed by atoms with Gasteiger partial charge >= 0.3 is 17.7 Å². The monoisotopic (exact) mass is 368 g/mol. The van der Waals surface area contributed by atoms with E-state index in [1.54, 1.807) is 20.8 Å². The van der Waals surface area contributed by atoms with Crippen molar-refractivity contribution in [2.24, 2.45) is 5.92 Å². The predicted molar refractivity (Wildman–Crippen MR) is 93.0 cm³/mol. The molecule has 1 amide bonds. The molecule has 9 heteroatoms. The number of carboxylic acids is 1. The summed E-state index contributed by atoms with van der Waals surface area (Å²) < 4.78 is 5.18. The number of phenols is 1. The Morgan fingerprint density at radius 1 is 1.35 bits per heavy atom. The number of carboxylic acid groups (broad SMARTS) is 1. The molecule has 0 aliphatic carbocycles. The van der Waals surface area contributed by atoms with Crippen molar-refractivity contribution in [2.45, 2.75) is 52.2 Å². The number of amides is 1. The molecule has 0 aliphatic heterocycles. The van der Waals surface area contributed by atoms with Gasteiger partial charge in [-0.05, 0) is 45.2 Å². The number of phenolic OH excluding ortho intramolecular Hbond substituents is 1. The third-order valence-electron chi connectivity index (χ3n) is 3.50. The van der Waals surface area contributed by atoms with Gasteiger partial charge in [-0.1, -0.05) is 13.0 Å². The number of nitro groups is 1. The highest BCUT2D eigenvalue weighted by Gasteiger charge is 2.24. The standard InChI is InChI=1S/C17H24N2O7/c1-10(15(21)22)7-12(18-16(23)26-17(2,3)4)8-11-5-6-14(20)13(9-11)19(24)25/h5-6,9-10,12,20H,7-8H2,1-4H3,(H,18,23)(H,21,22)/t10?,12-/m1/s1. The summed E-state index contributed by atoms with van der Waals surface area (Å²) in [5, 5.41) is 32.2. The molecule has 1 aromatic rings. The molecule has 26 heavy (non-hydrogen) atoms. The van der Waals surface area contributed by atoms with Gasteiger partial charge in [-0.3, -0.25) is 14.9 Å². The zero-order valence-electron chi connectivity index (χ0n) is 15.2. The summed E-state index contributed by atoms with van der Waals surface area (Å²) in [5.74, 6) is -2.21. The van der Waals surface area contributed by atoms with E-state index in [1.165, 1.54) is 25.1 Å². The highest BCUT2D eigenvalue weighted by molar-refractivity contribution is 5.70. The van der Waals surface area contributed by atoms with Crippen LogP contribution in [0.3, 0.4) is 0 Å². The summed E-state index contributed by atoms with van der Waals surface area (Å²) in [6, 6.07) is 3.26. The number of aromatic hydroxyl groups is 1. The first kappa shape index (κ1) is 21.2. The van der Waals surface area contributed by atoms with Crippen molar-refractivity contribution < 1.29 is 29.5 Å². The van der Waals surface area contributed by atoms with Crippen LogP contribution >= 0.6 is 0 Å². The second-order valence-corrected chi connectivity index (χ2v) is 7.10. The SMILES string of the molecule is CC(C[C@H](Cc1ccc(O)c([N+](=O)[O-])c1)NC(=O)OC(C)(C)C)C(=O)O. The van der Waals surface area contributed by atoms with Gasteiger partial charge in [0.15, 0.2) is 5.75 Å². The lowest BCUT2D eigenvalue weighted by Crippen LogP contribution is -2.41. The Balaban J connectivity index is 2.98. The molecule has 0 aliphatic rings. The van der Waals surface area contributed by atoms with Crippen molar-refractivity contribution in [3.8, 4) is 5.75 Å². The molecule has 0 saturated carbocycles. The van der Waals surface area contributed by atoms with Gasteiger partial charge in [0, 0.05) is 12.1 Å². The molecule has 0 saturated heterocycles. The number of nitrogens with zero attached hydrogens (tertiary/aromatic N) is 1. The minimum atomic E-state index is -1.02. The highest BCUT2D eigenvalue weighted by Crippen LogP contribution is 2.27. The molecule has 1 aromatic carbocycles. The number of ether oxygens (including phenoxy) is 1. The topological polar surface area (TPSA) is 139 Å². The second-order valence-electron chi connectivity index (χ2n) is 7.10. The van der Waals surface area contributed by atoms with Gasteiger partial charge in [-0.25, -0.2) is 4.79 Å². The Labute approximate surface area is 151 Å². The van der Waals surface area contributed by atoms with Crippen molar-refractivity contribution in [3.63, 3.8) is 0 Å². The van der Waals surface area contributed by atoms with E-state index in [9.17, 15) is 24.8 Å². The van der Waals surface area contributed by atoms with Gasteiger partial charge in [0.2, 0.25) is 0 Å². The fourth-order valence-electron chi connectivity index (χ4n) is 2.32. The third-order valence-corrected chi connectivity index (χ3v) is 3.50. The maximum Gasteiger partial charge on any atom is 0.407 e. The van der Waals surface area contributed by atoms with Gasteiger partial charge in [0.25, 0.3) is 0 Å². The smallest absolute Gasteiger partial charge is 0.407 e. The van der Waals surface area contributed by atoms with Crippen molar-refractivity contribution in [1.82, 2.24) is 5.32 Å². The van der Waals surface area contributed by atoms with Crippen LogP contribution in [0.1, 0.15) is 39.7 Å². The zero-order chi connectivity index (χ0) is 20.1. The van der Waals surface area contributed by atoms with Crippen LogP contribution in [0.2, 0.25) is 0 Å². The van der Waals surface area contributed by atoms with E-state index in [2.05, 4.69) is 5.32 Å². The van der Waals surface area contributed by atoms with Crippen molar-refractivity contribution in [3.05, 3.63) is 33.9 Å². The summed E-state index contributed by atoms with van der Waals surface area (Å²) in [6.45, 7) is 6.60. The van der Waals surface area contributed by atoms with Crippen LogP contribution < -0.4 is 5.32 Å². The molecule has 144 valence electrons. The van der Waals surface area contributed by atoms with E-state index < -0.39 is 46.0 Å². The van der Waals surface area contributed by atoms with Gasteiger partial charge in [-0.15, -0.1) is 0 Å². The lowest BCUT2D eigenvalue weighted by atomic mass is 9.96. The Kier molecular flexibility index (Phi) is 6.93. The van der Waals surface area contributed by atoms with Crippen molar-refractivity contribution in [1.29, 1.82) is 0 Å². The maximum absolute atomic E-state index is 12.0. The molecule has 2 atom stereocenters. The lowest BCUT2D eigenvalue weighted by Gasteiger charge is -2.24. The van der Waals surface area contributed by atoms with Crippen LogP contribution in [0.5, 0.6) is 5.75 Å². The fraction of sp³-hybridized carbons (Fsp3) is 0.529. The van der Waals surface area contributed by atoms with Crippen molar-refractivity contribution >= 4 is 17.7 Å². The summed E-state index contributed by atoms with van der Waals surface area (Å²) in [4.78, 5) is 33.4. The first-order valence-corrected chi connectivity index (χ1v) is 8.07. The minimum absolute atomic E-state index is 0.114. The molecule has 9 nitrogen and oxygen atoms in total. The Morgan fingerprint density at radius 2 is 1.96 bits per heavy atom. The molecule has 3 N–H and O–H groups in total. The second kappa shape index (κ2) is 8.50. The maximum atomic E-state index is 12.0. The number of aliphatic carboxylic acids is 1. The van der Waals surface area contributed by atoms with E-state index in [0.717, 1.165) is 0 Å². The summed E-state index contributed by atoms with van der Waals surface area (Å²) >= 11 is 0. The van der Waals surface area contributed by atoms with Gasteiger partial charge in [0.1, 0.15) is 5.60 Å². The number of nitrogens with one attached hydrogen (secondary N) is 1. The first-order chi connectivity index (χ1) is 11.9. The number of nitro benzene ring substituents is 1. The van der Waals surface area contributed by atoms with Crippen LogP contribution in [0.25, 0.3) is 0 Å². The van der Waals surface area contributed by atoms with Crippen LogP contribution in [-0.2, 0) is 16.0 Å². The Hall–Kier alpha value is -2.84. The van der Waals surface area contributed by atoms with Gasteiger partial charge in [-0.2, -0.15) is 0 Å². The molecule has 0 radical (unpaired) electrons.